The SMILES string of the molecule is COC(=O)CCn1nnc(-c2ccc(OC)cc2)n1. The summed E-state index contributed by atoms with van der Waals surface area (Å²) in [6.45, 7) is 0.343. The fourth-order valence-electron chi connectivity index (χ4n) is 1.49. The molecule has 2 aromatic rings. The number of aryl methyl sites for hydroxylation is 1. The molecule has 7 heteroatoms. The fourth-order valence-corrected chi connectivity index (χ4v) is 1.49. The summed E-state index contributed by atoms with van der Waals surface area (Å²) in [5.74, 6) is 0.970. The zero-order chi connectivity index (χ0) is 13.7. The zero-order valence-corrected chi connectivity index (χ0v) is 10.7. The van der Waals surface area contributed by atoms with Crippen LogP contribution in [0.5, 0.6) is 5.75 Å². The first-order chi connectivity index (χ1) is 9.22. The molecule has 0 aliphatic rings. The minimum atomic E-state index is -0.303. The van der Waals surface area contributed by atoms with Crippen LogP contribution in [0.4, 0.5) is 0 Å². The molecule has 0 aliphatic heterocycles. The zero-order valence-electron chi connectivity index (χ0n) is 10.7. The number of hydrogen-bond donors (Lipinski definition) is 0. The molecule has 1 aromatic heterocycles. The third kappa shape index (κ3) is 3.27. The molecule has 0 bridgehead atoms. The van der Waals surface area contributed by atoms with Gasteiger partial charge in [0.25, 0.3) is 0 Å². The lowest BCUT2D eigenvalue weighted by Gasteiger charge is -1.99. The molecule has 0 atom stereocenters. The van der Waals surface area contributed by atoms with Crippen LogP contribution in [0.1, 0.15) is 6.42 Å². The molecule has 0 saturated heterocycles. The minimum Gasteiger partial charge on any atom is -0.497 e. The molecule has 19 heavy (non-hydrogen) atoms. The van der Waals surface area contributed by atoms with Crippen LogP contribution in [0, 0.1) is 0 Å². The highest BCUT2D eigenvalue weighted by Gasteiger charge is 2.07. The van der Waals surface area contributed by atoms with Crippen LogP contribution in [0.15, 0.2) is 24.3 Å². The number of carbonyl (C=O) groups excluding carboxylic acids is 1. The largest absolute Gasteiger partial charge is 0.497 e. The Morgan fingerprint density at radius 2 is 2.00 bits per heavy atom. The van der Waals surface area contributed by atoms with Gasteiger partial charge < -0.3 is 9.47 Å². The monoisotopic (exact) mass is 262 g/mol. The van der Waals surface area contributed by atoms with E-state index in [0.717, 1.165) is 11.3 Å². The Kier molecular flexibility index (Phi) is 4.07. The predicted molar refractivity (Wildman–Crippen MR) is 66.4 cm³/mol. The number of ether oxygens (including phenoxy) is 2. The lowest BCUT2D eigenvalue weighted by Crippen LogP contribution is -2.09. The first kappa shape index (κ1) is 13.0. The van der Waals surface area contributed by atoms with Crippen LogP contribution >= 0.6 is 0 Å². The Labute approximate surface area is 110 Å². The molecule has 100 valence electrons. The maximum absolute atomic E-state index is 11.0. The van der Waals surface area contributed by atoms with Crippen molar-refractivity contribution in [1.29, 1.82) is 0 Å². The second-order valence-electron chi connectivity index (χ2n) is 3.76. The minimum absolute atomic E-state index is 0.217. The first-order valence-electron chi connectivity index (χ1n) is 5.72. The summed E-state index contributed by atoms with van der Waals surface area (Å²) >= 11 is 0. The molecule has 0 unspecified atom stereocenters. The summed E-state index contributed by atoms with van der Waals surface area (Å²) in [7, 11) is 2.95. The standard InChI is InChI=1S/C12H14N4O3/c1-18-10-5-3-9(4-6-10)12-13-15-16(14-12)8-7-11(17)19-2/h3-6H,7-8H2,1-2H3. The number of hydrogen-bond acceptors (Lipinski definition) is 6. The van der Waals surface area contributed by atoms with E-state index in [-0.39, 0.29) is 12.4 Å². The van der Waals surface area contributed by atoms with Crippen LogP contribution in [0.2, 0.25) is 0 Å². The van der Waals surface area contributed by atoms with Crippen molar-refractivity contribution in [2.45, 2.75) is 13.0 Å². The molecule has 1 heterocycles. The van der Waals surface area contributed by atoms with Crippen molar-refractivity contribution < 1.29 is 14.3 Å². The van der Waals surface area contributed by atoms with Gasteiger partial charge in [-0.2, -0.15) is 4.80 Å². The number of carbonyl (C=O) groups is 1. The van der Waals surface area contributed by atoms with Gasteiger partial charge in [0.1, 0.15) is 5.75 Å². The van der Waals surface area contributed by atoms with Gasteiger partial charge in [-0.25, -0.2) is 0 Å². The summed E-state index contributed by atoms with van der Waals surface area (Å²) in [6, 6.07) is 7.34. The second-order valence-corrected chi connectivity index (χ2v) is 3.76. The quantitative estimate of drug-likeness (QED) is 0.745. The lowest BCUT2D eigenvalue weighted by molar-refractivity contribution is -0.140. The van der Waals surface area contributed by atoms with Crippen LogP contribution in [0.25, 0.3) is 11.4 Å². The first-order valence-corrected chi connectivity index (χ1v) is 5.72. The lowest BCUT2D eigenvalue weighted by atomic mass is 10.2. The Morgan fingerprint density at radius 1 is 1.26 bits per heavy atom. The van der Waals surface area contributed by atoms with Crippen LogP contribution in [0.3, 0.4) is 0 Å². The predicted octanol–water partition coefficient (Wildman–Crippen LogP) is 0.912. The number of nitrogens with zero attached hydrogens (tertiary/aromatic N) is 4. The van der Waals surface area contributed by atoms with Gasteiger partial charge in [-0.1, -0.05) is 0 Å². The van der Waals surface area contributed by atoms with E-state index in [4.69, 9.17) is 4.74 Å². The van der Waals surface area contributed by atoms with Crippen LogP contribution in [-0.4, -0.2) is 40.4 Å². The van der Waals surface area contributed by atoms with E-state index in [9.17, 15) is 4.79 Å². The average molecular weight is 262 g/mol. The van der Waals surface area contributed by atoms with Crippen molar-refractivity contribution >= 4 is 5.97 Å². The summed E-state index contributed by atoms with van der Waals surface area (Å²) in [6.07, 6.45) is 0.217. The van der Waals surface area contributed by atoms with E-state index in [1.54, 1.807) is 7.11 Å². The van der Waals surface area contributed by atoms with Gasteiger partial charge in [0.05, 0.1) is 27.2 Å². The molecule has 0 radical (unpaired) electrons. The number of rotatable bonds is 5. The maximum atomic E-state index is 11.0. The molecular formula is C12H14N4O3. The highest BCUT2D eigenvalue weighted by molar-refractivity contribution is 5.68. The molecule has 2 rings (SSSR count). The average Bonchev–Trinajstić information content (AvgIpc) is 2.93. The summed E-state index contributed by atoms with van der Waals surface area (Å²) in [5.41, 5.74) is 0.838. The molecule has 0 amide bonds. The normalized spacial score (nSPS) is 10.2. The maximum Gasteiger partial charge on any atom is 0.307 e. The van der Waals surface area contributed by atoms with E-state index in [1.807, 2.05) is 24.3 Å². The van der Waals surface area contributed by atoms with Crippen LogP contribution < -0.4 is 4.74 Å². The molecule has 0 saturated carbocycles. The van der Waals surface area contributed by atoms with Crippen LogP contribution in [-0.2, 0) is 16.1 Å². The number of esters is 1. The topological polar surface area (TPSA) is 79.1 Å². The fraction of sp³-hybridized carbons (Fsp3) is 0.333. The van der Waals surface area contributed by atoms with Crippen molar-refractivity contribution in [3.05, 3.63) is 24.3 Å². The smallest absolute Gasteiger partial charge is 0.307 e. The molecule has 0 N–H and O–H groups in total. The number of benzene rings is 1. The van der Waals surface area contributed by atoms with Crippen molar-refractivity contribution in [3.63, 3.8) is 0 Å². The highest BCUT2D eigenvalue weighted by Crippen LogP contribution is 2.18. The Bertz CT molecular complexity index is 550. The van der Waals surface area contributed by atoms with E-state index in [0.29, 0.717) is 12.4 Å². The Morgan fingerprint density at radius 3 is 2.63 bits per heavy atom. The van der Waals surface area contributed by atoms with Crippen molar-refractivity contribution in [1.82, 2.24) is 20.2 Å². The number of tetrazole rings is 1. The Hall–Kier alpha value is -2.44. The van der Waals surface area contributed by atoms with E-state index >= 15 is 0 Å². The van der Waals surface area contributed by atoms with E-state index in [1.165, 1.54) is 11.9 Å². The van der Waals surface area contributed by atoms with Gasteiger partial charge in [-0.3, -0.25) is 4.79 Å². The van der Waals surface area contributed by atoms with E-state index < -0.39 is 0 Å². The third-order valence-electron chi connectivity index (χ3n) is 2.54. The van der Waals surface area contributed by atoms with Crippen molar-refractivity contribution in [3.8, 4) is 17.1 Å². The van der Waals surface area contributed by atoms with Crippen molar-refractivity contribution in [2.75, 3.05) is 14.2 Å². The summed E-state index contributed by atoms with van der Waals surface area (Å²) < 4.78 is 9.62. The van der Waals surface area contributed by atoms with Gasteiger partial charge in [-0.15, -0.1) is 10.2 Å². The van der Waals surface area contributed by atoms with E-state index in [2.05, 4.69) is 20.1 Å². The third-order valence-corrected chi connectivity index (χ3v) is 2.54. The van der Waals surface area contributed by atoms with Gasteiger partial charge >= 0.3 is 5.97 Å². The highest BCUT2D eigenvalue weighted by atomic mass is 16.5. The van der Waals surface area contributed by atoms with Gasteiger partial charge in [0.15, 0.2) is 0 Å². The number of methoxy groups -OCH3 is 2. The second kappa shape index (κ2) is 5.94. The summed E-state index contributed by atoms with van der Waals surface area (Å²) in [5, 5.41) is 12.0. The molecule has 0 aliphatic carbocycles. The molecule has 0 fully saturated rings. The molecular weight excluding hydrogens is 248 g/mol. The van der Waals surface area contributed by atoms with Gasteiger partial charge in [-0.05, 0) is 29.5 Å². The summed E-state index contributed by atoms with van der Waals surface area (Å²) in [4.78, 5) is 12.4. The molecule has 7 nitrogen and oxygen atoms in total. The molecule has 1 aromatic carbocycles. The number of aromatic nitrogens is 4. The van der Waals surface area contributed by atoms with Gasteiger partial charge in [0, 0.05) is 5.56 Å². The molecule has 0 spiro atoms. The van der Waals surface area contributed by atoms with Gasteiger partial charge in [0.2, 0.25) is 5.82 Å². The van der Waals surface area contributed by atoms with Crippen molar-refractivity contribution in [2.24, 2.45) is 0 Å². The Balaban J connectivity index is 2.05.